The van der Waals surface area contributed by atoms with Crippen molar-refractivity contribution in [3.05, 3.63) is 57.6 Å². The molecule has 0 spiro atoms. The van der Waals surface area contributed by atoms with Crippen molar-refractivity contribution in [3.63, 3.8) is 0 Å². The van der Waals surface area contributed by atoms with Crippen LogP contribution in [0.3, 0.4) is 0 Å². The van der Waals surface area contributed by atoms with Gasteiger partial charge in [-0.1, -0.05) is 23.9 Å². The Balaban J connectivity index is 1.87. The molecule has 7 heteroatoms. The van der Waals surface area contributed by atoms with E-state index in [1.807, 2.05) is 45.0 Å². The Labute approximate surface area is 174 Å². The van der Waals surface area contributed by atoms with Gasteiger partial charge in [-0.05, 0) is 45.9 Å². The van der Waals surface area contributed by atoms with E-state index < -0.39 is 0 Å². The van der Waals surface area contributed by atoms with Crippen LogP contribution in [0.1, 0.15) is 41.6 Å². The Morgan fingerprint density at radius 3 is 2.69 bits per heavy atom. The predicted molar refractivity (Wildman–Crippen MR) is 117 cm³/mol. The smallest absolute Gasteiger partial charge is 0.262 e. The van der Waals surface area contributed by atoms with Crippen LogP contribution in [-0.2, 0) is 11.3 Å². The van der Waals surface area contributed by atoms with E-state index in [2.05, 4.69) is 16.5 Å². The summed E-state index contributed by atoms with van der Waals surface area (Å²) < 4.78 is 9.03. The van der Waals surface area contributed by atoms with Gasteiger partial charge in [0, 0.05) is 30.6 Å². The molecule has 0 unspecified atom stereocenters. The summed E-state index contributed by atoms with van der Waals surface area (Å²) in [6, 6.07) is 9.40. The van der Waals surface area contributed by atoms with Crippen LogP contribution in [0.2, 0.25) is 0 Å². The summed E-state index contributed by atoms with van der Waals surface area (Å²) >= 11 is 1.31. The minimum absolute atomic E-state index is 0.0315. The molecule has 1 atom stereocenters. The molecule has 0 saturated carbocycles. The topological polar surface area (TPSA) is 66.1 Å². The van der Waals surface area contributed by atoms with Crippen LogP contribution in [0.5, 0.6) is 0 Å². The van der Waals surface area contributed by atoms with Crippen molar-refractivity contribution in [2.45, 2.75) is 45.4 Å². The number of ether oxygens (including phenoxy) is 1. The number of carbonyl (C=O) groups is 1. The standard InChI is InChI=1S/C22H27N3O3S/c1-6-24-21(27)17-9-7-8-10-19(17)23-22(24)29-13-20(26)18-11-14(2)25(16(18)4)15(3)12-28-5/h7-11,15H,6,12-13H2,1-5H3/t15-/m1/s1. The lowest BCUT2D eigenvalue weighted by molar-refractivity contribution is 0.102. The van der Waals surface area contributed by atoms with E-state index in [0.717, 1.165) is 11.4 Å². The van der Waals surface area contributed by atoms with Crippen LogP contribution >= 0.6 is 11.8 Å². The maximum Gasteiger partial charge on any atom is 0.262 e. The lowest BCUT2D eigenvalue weighted by Crippen LogP contribution is -2.23. The van der Waals surface area contributed by atoms with Gasteiger partial charge in [0.15, 0.2) is 10.9 Å². The third-order valence-corrected chi connectivity index (χ3v) is 6.09. The second-order valence-corrected chi connectivity index (χ2v) is 8.07. The summed E-state index contributed by atoms with van der Waals surface area (Å²) in [5.74, 6) is 0.261. The van der Waals surface area contributed by atoms with Crippen LogP contribution in [0.15, 0.2) is 40.3 Å². The second-order valence-electron chi connectivity index (χ2n) is 7.13. The highest BCUT2D eigenvalue weighted by Crippen LogP contribution is 2.24. The molecule has 0 amide bonds. The van der Waals surface area contributed by atoms with Crippen LogP contribution in [0.4, 0.5) is 0 Å². The molecule has 3 aromatic rings. The Morgan fingerprint density at radius 2 is 2.00 bits per heavy atom. The number of ketones is 1. The largest absolute Gasteiger partial charge is 0.383 e. The number of methoxy groups -OCH3 is 1. The van der Waals surface area contributed by atoms with E-state index in [-0.39, 0.29) is 23.1 Å². The van der Waals surface area contributed by atoms with Crippen molar-refractivity contribution < 1.29 is 9.53 Å². The lowest BCUT2D eigenvalue weighted by atomic mass is 10.2. The molecule has 0 aliphatic rings. The van der Waals surface area contributed by atoms with Crippen molar-refractivity contribution in [2.75, 3.05) is 19.5 Å². The normalized spacial score (nSPS) is 12.4. The van der Waals surface area contributed by atoms with E-state index in [9.17, 15) is 9.59 Å². The average Bonchev–Trinajstić information content (AvgIpc) is 3.00. The van der Waals surface area contributed by atoms with Gasteiger partial charge in [0.2, 0.25) is 0 Å². The van der Waals surface area contributed by atoms with Crippen molar-refractivity contribution in [3.8, 4) is 0 Å². The summed E-state index contributed by atoms with van der Waals surface area (Å²) in [5.41, 5.74) is 3.28. The maximum absolute atomic E-state index is 13.0. The van der Waals surface area contributed by atoms with Gasteiger partial charge in [0.1, 0.15) is 0 Å². The van der Waals surface area contributed by atoms with Gasteiger partial charge in [-0.15, -0.1) is 0 Å². The van der Waals surface area contributed by atoms with E-state index in [0.29, 0.717) is 34.8 Å². The zero-order valence-corrected chi connectivity index (χ0v) is 18.4. The van der Waals surface area contributed by atoms with Crippen molar-refractivity contribution in [2.24, 2.45) is 0 Å². The molecule has 154 valence electrons. The van der Waals surface area contributed by atoms with Crippen LogP contribution in [0.25, 0.3) is 10.9 Å². The Kier molecular flexibility index (Phi) is 6.59. The van der Waals surface area contributed by atoms with E-state index in [4.69, 9.17) is 4.74 Å². The minimum atomic E-state index is -0.0698. The number of hydrogen-bond acceptors (Lipinski definition) is 5. The third-order valence-electron chi connectivity index (χ3n) is 5.11. The van der Waals surface area contributed by atoms with Crippen LogP contribution < -0.4 is 5.56 Å². The summed E-state index contributed by atoms with van der Waals surface area (Å²) in [4.78, 5) is 30.3. The highest BCUT2D eigenvalue weighted by atomic mass is 32.2. The Bertz CT molecular complexity index is 1100. The Hall–Kier alpha value is -2.38. The van der Waals surface area contributed by atoms with E-state index in [1.165, 1.54) is 11.8 Å². The number of aromatic nitrogens is 3. The molecule has 6 nitrogen and oxygen atoms in total. The molecule has 0 radical (unpaired) electrons. The fourth-order valence-electron chi connectivity index (χ4n) is 3.80. The number of thioether (sulfide) groups is 1. The van der Waals surface area contributed by atoms with Gasteiger partial charge in [0.05, 0.1) is 29.3 Å². The number of rotatable bonds is 8. The predicted octanol–water partition coefficient (Wildman–Crippen LogP) is 4.02. The number of aryl methyl sites for hydroxylation is 1. The molecule has 0 fully saturated rings. The molecule has 2 heterocycles. The fraction of sp³-hybridized carbons (Fsp3) is 0.409. The summed E-state index contributed by atoms with van der Waals surface area (Å²) in [6.45, 7) is 9.05. The maximum atomic E-state index is 13.0. The molecule has 0 saturated heterocycles. The number of fused-ring (bicyclic) bond motifs is 1. The molecule has 2 aromatic heterocycles. The van der Waals surface area contributed by atoms with Crippen molar-refractivity contribution >= 4 is 28.4 Å². The average molecular weight is 414 g/mol. The van der Waals surface area contributed by atoms with Gasteiger partial charge >= 0.3 is 0 Å². The first-order valence-electron chi connectivity index (χ1n) is 9.71. The van der Waals surface area contributed by atoms with E-state index in [1.54, 1.807) is 17.7 Å². The number of hydrogen-bond donors (Lipinski definition) is 0. The zero-order valence-electron chi connectivity index (χ0n) is 17.6. The minimum Gasteiger partial charge on any atom is -0.383 e. The molecule has 0 aliphatic heterocycles. The quantitative estimate of drug-likeness (QED) is 0.317. The SMILES string of the molecule is CCn1c(SCC(=O)c2cc(C)n([C@H](C)COC)c2C)nc2ccccc2c1=O. The van der Waals surface area contributed by atoms with Gasteiger partial charge in [-0.2, -0.15) is 0 Å². The van der Waals surface area contributed by atoms with Gasteiger partial charge in [0.25, 0.3) is 5.56 Å². The number of benzene rings is 1. The number of carbonyl (C=O) groups excluding carboxylic acids is 1. The molecule has 0 N–H and O–H groups in total. The van der Waals surface area contributed by atoms with Gasteiger partial charge in [-0.3, -0.25) is 14.2 Å². The van der Waals surface area contributed by atoms with Crippen LogP contribution in [-0.4, -0.2) is 39.4 Å². The monoisotopic (exact) mass is 413 g/mol. The first-order chi connectivity index (χ1) is 13.9. The molecule has 0 bridgehead atoms. The zero-order chi connectivity index (χ0) is 21.1. The first-order valence-corrected chi connectivity index (χ1v) is 10.7. The summed E-state index contributed by atoms with van der Waals surface area (Å²) in [6.07, 6.45) is 0. The molecule has 3 rings (SSSR count). The number of nitrogens with zero attached hydrogens (tertiary/aromatic N) is 3. The fourth-order valence-corrected chi connectivity index (χ4v) is 4.74. The molecule has 0 aliphatic carbocycles. The van der Waals surface area contributed by atoms with Crippen molar-refractivity contribution in [1.29, 1.82) is 0 Å². The second kappa shape index (κ2) is 8.97. The van der Waals surface area contributed by atoms with Gasteiger partial charge in [-0.25, -0.2) is 4.98 Å². The molecular weight excluding hydrogens is 386 g/mol. The highest BCUT2D eigenvalue weighted by Gasteiger charge is 2.20. The molecule has 1 aromatic carbocycles. The lowest BCUT2D eigenvalue weighted by Gasteiger charge is -2.17. The molecule has 29 heavy (non-hydrogen) atoms. The van der Waals surface area contributed by atoms with Crippen LogP contribution in [0, 0.1) is 13.8 Å². The summed E-state index contributed by atoms with van der Waals surface area (Å²) in [7, 11) is 1.68. The first kappa shape index (κ1) is 21.3. The van der Waals surface area contributed by atoms with Gasteiger partial charge < -0.3 is 9.30 Å². The molecular formula is C22H27N3O3S. The summed E-state index contributed by atoms with van der Waals surface area (Å²) in [5, 5.41) is 1.17. The number of para-hydroxylation sites is 1. The highest BCUT2D eigenvalue weighted by molar-refractivity contribution is 7.99. The Morgan fingerprint density at radius 1 is 1.28 bits per heavy atom. The number of Topliss-reactive ketones (excluding diaryl/α,β-unsaturated/α-hetero) is 1. The van der Waals surface area contributed by atoms with Crippen molar-refractivity contribution in [1.82, 2.24) is 14.1 Å². The third kappa shape index (κ3) is 4.16. The van der Waals surface area contributed by atoms with E-state index >= 15 is 0 Å².